The van der Waals surface area contributed by atoms with Gasteiger partial charge < -0.3 is 16.0 Å². The zero-order valence-electron chi connectivity index (χ0n) is 14.2. The summed E-state index contributed by atoms with van der Waals surface area (Å²) in [6.07, 6.45) is 3.64. The van der Waals surface area contributed by atoms with Crippen LogP contribution < -0.4 is 16.0 Å². The number of pyridine rings is 1. The first kappa shape index (κ1) is 18.3. The lowest BCUT2D eigenvalue weighted by Gasteiger charge is -2.28. The minimum Gasteiger partial charge on any atom is -0.377 e. The van der Waals surface area contributed by atoms with E-state index in [1.807, 2.05) is 32.3 Å². The molecule has 0 aliphatic heterocycles. The molecule has 0 unspecified atom stereocenters. The van der Waals surface area contributed by atoms with Crippen LogP contribution in [0.5, 0.6) is 0 Å². The van der Waals surface area contributed by atoms with Crippen LogP contribution in [0.3, 0.4) is 0 Å². The van der Waals surface area contributed by atoms with Crippen molar-refractivity contribution in [3.63, 3.8) is 0 Å². The first-order valence-electron chi connectivity index (χ1n) is 8.17. The highest BCUT2D eigenvalue weighted by Crippen LogP contribution is 2.30. The van der Waals surface area contributed by atoms with Crippen LogP contribution in [0.15, 0.2) is 30.3 Å². The topological polar surface area (TPSA) is 71.2 Å². The number of carbonyl (C=O) groups is 1. The van der Waals surface area contributed by atoms with E-state index in [4.69, 9.17) is 10.7 Å². The molecule has 1 aromatic carbocycles. The number of amides is 1. The zero-order valence-corrected chi connectivity index (χ0v) is 15.0. The van der Waals surface area contributed by atoms with E-state index in [0.29, 0.717) is 6.04 Å². The number of nitrogens with one attached hydrogen (secondary N) is 1. The normalized spacial score (nSPS) is 20.2. The van der Waals surface area contributed by atoms with Crippen LogP contribution in [0.2, 0.25) is 0 Å². The Labute approximate surface area is 149 Å². The van der Waals surface area contributed by atoms with Gasteiger partial charge in [0.15, 0.2) is 0 Å². The highest BCUT2D eigenvalue weighted by atomic mass is 35.5. The standard InChI is InChI=1S/C18H24N4O.ClH/c1-22(2)16-11-17(21-15-6-4-3-5-14(15)16)20-13-9-7-12(8-10-13)18(19)23;/h3-6,11-13H,7-10H2,1-2H3,(H2,19,23)(H,20,21);1H/t12-,13+;. The summed E-state index contributed by atoms with van der Waals surface area (Å²) >= 11 is 0. The monoisotopic (exact) mass is 348 g/mol. The number of fused-ring (bicyclic) bond motifs is 1. The summed E-state index contributed by atoms with van der Waals surface area (Å²) in [4.78, 5) is 18.1. The molecule has 0 saturated heterocycles. The number of carbonyl (C=O) groups excluding carboxylic acids is 1. The molecule has 3 rings (SSSR count). The summed E-state index contributed by atoms with van der Waals surface area (Å²) in [5, 5.41) is 4.69. The first-order valence-corrected chi connectivity index (χ1v) is 8.17. The van der Waals surface area contributed by atoms with Crippen LogP contribution in [0.4, 0.5) is 11.5 Å². The summed E-state index contributed by atoms with van der Waals surface area (Å²) in [6, 6.07) is 10.6. The van der Waals surface area contributed by atoms with Crippen LogP contribution in [-0.2, 0) is 4.79 Å². The summed E-state index contributed by atoms with van der Waals surface area (Å²) in [5.41, 5.74) is 7.55. The second kappa shape index (κ2) is 7.71. The molecule has 0 bridgehead atoms. The van der Waals surface area contributed by atoms with Crippen LogP contribution in [0.25, 0.3) is 10.9 Å². The fourth-order valence-corrected chi connectivity index (χ4v) is 3.33. The maximum atomic E-state index is 11.3. The van der Waals surface area contributed by atoms with Gasteiger partial charge in [0.2, 0.25) is 5.91 Å². The summed E-state index contributed by atoms with van der Waals surface area (Å²) < 4.78 is 0. The van der Waals surface area contributed by atoms with Crippen molar-refractivity contribution in [1.29, 1.82) is 0 Å². The minimum absolute atomic E-state index is 0. The second-order valence-corrected chi connectivity index (χ2v) is 6.53. The number of halogens is 1. The van der Waals surface area contributed by atoms with Gasteiger partial charge >= 0.3 is 0 Å². The highest BCUT2D eigenvalue weighted by molar-refractivity contribution is 5.93. The van der Waals surface area contributed by atoms with Gasteiger partial charge in [0.25, 0.3) is 0 Å². The number of rotatable bonds is 4. The van der Waals surface area contributed by atoms with Gasteiger partial charge in [-0.2, -0.15) is 0 Å². The van der Waals surface area contributed by atoms with E-state index in [-0.39, 0.29) is 24.2 Å². The Kier molecular flexibility index (Phi) is 5.89. The zero-order chi connectivity index (χ0) is 16.4. The Morgan fingerprint density at radius 2 is 1.88 bits per heavy atom. The molecule has 6 heteroatoms. The van der Waals surface area contributed by atoms with Gasteiger partial charge in [0.05, 0.1) is 5.52 Å². The molecule has 1 saturated carbocycles. The molecular weight excluding hydrogens is 324 g/mol. The van der Waals surface area contributed by atoms with E-state index < -0.39 is 0 Å². The highest BCUT2D eigenvalue weighted by Gasteiger charge is 2.24. The Bertz CT molecular complexity index is 711. The fourth-order valence-electron chi connectivity index (χ4n) is 3.33. The van der Waals surface area contributed by atoms with Crippen molar-refractivity contribution in [1.82, 2.24) is 4.98 Å². The molecule has 3 N–H and O–H groups in total. The molecular formula is C18H25ClN4O. The third-order valence-electron chi connectivity index (χ3n) is 4.66. The van der Waals surface area contributed by atoms with Crippen molar-refractivity contribution < 1.29 is 4.79 Å². The Balaban J connectivity index is 0.00000208. The molecule has 5 nitrogen and oxygen atoms in total. The Hall–Kier alpha value is -2.01. The number of anilines is 2. The van der Waals surface area contributed by atoms with Gasteiger partial charge in [-0.15, -0.1) is 12.4 Å². The number of primary amides is 1. The van der Waals surface area contributed by atoms with Crippen molar-refractivity contribution in [3.05, 3.63) is 30.3 Å². The predicted molar refractivity (Wildman–Crippen MR) is 102 cm³/mol. The Morgan fingerprint density at radius 3 is 2.50 bits per heavy atom. The summed E-state index contributed by atoms with van der Waals surface area (Å²) in [6.45, 7) is 0. The number of benzene rings is 1. The third-order valence-corrected chi connectivity index (χ3v) is 4.66. The summed E-state index contributed by atoms with van der Waals surface area (Å²) in [7, 11) is 4.09. The molecule has 0 atom stereocenters. The number of nitrogens with zero attached hydrogens (tertiary/aromatic N) is 2. The molecule has 1 aliphatic rings. The largest absolute Gasteiger partial charge is 0.377 e. The lowest BCUT2D eigenvalue weighted by molar-refractivity contribution is -0.122. The fraction of sp³-hybridized carbons (Fsp3) is 0.444. The molecule has 0 spiro atoms. The minimum atomic E-state index is -0.165. The lowest BCUT2D eigenvalue weighted by atomic mass is 9.85. The second-order valence-electron chi connectivity index (χ2n) is 6.53. The molecule has 1 aliphatic carbocycles. The van der Waals surface area contributed by atoms with Crippen LogP contribution in [0.1, 0.15) is 25.7 Å². The van der Waals surface area contributed by atoms with Crippen molar-refractivity contribution >= 4 is 40.7 Å². The number of nitrogens with two attached hydrogens (primary N) is 1. The van der Waals surface area contributed by atoms with Gasteiger partial charge in [-0.05, 0) is 31.7 Å². The SMILES string of the molecule is CN(C)c1cc(N[C@H]2CC[C@@H](C(N)=O)CC2)nc2ccccc12.Cl. The molecule has 1 fully saturated rings. The van der Waals surface area contributed by atoms with Crippen molar-refractivity contribution in [2.75, 3.05) is 24.3 Å². The molecule has 1 amide bonds. The summed E-state index contributed by atoms with van der Waals surface area (Å²) in [5.74, 6) is 0.770. The molecule has 2 aromatic rings. The van der Waals surface area contributed by atoms with Gasteiger partial charge in [-0.3, -0.25) is 4.79 Å². The van der Waals surface area contributed by atoms with Crippen molar-refractivity contribution in [3.8, 4) is 0 Å². The number of para-hydroxylation sites is 1. The van der Waals surface area contributed by atoms with E-state index in [1.54, 1.807) is 0 Å². The average Bonchev–Trinajstić information content (AvgIpc) is 2.54. The van der Waals surface area contributed by atoms with Gasteiger partial charge in [0, 0.05) is 43.2 Å². The first-order chi connectivity index (χ1) is 11.0. The molecule has 1 heterocycles. The van der Waals surface area contributed by atoms with Crippen molar-refractivity contribution in [2.24, 2.45) is 11.7 Å². The molecule has 1 aromatic heterocycles. The predicted octanol–water partition coefficient (Wildman–Crippen LogP) is 3.18. The third kappa shape index (κ3) is 3.90. The smallest absolute Gasteiger partial charge is 0.220 e. The number of aromatic nitrogens is 1. The molecule has 24 heavy (non-hydrogen) atoms. The Morgan fingerprint density at radius 1 is 1.21 bits per heavy atom. The maximum Gasteiger partial charge on any atom is 0.220 e. The average molecular weight is 349 g/mol. The van der Waals surface area contributed by atoms with Gasteiger partial charge in [-0.25, -0.2) is 4.98 Å². The van der Waals surface area contributed by atoms with Gasteiger partial charge in [-0.1, -0.05) is 18.2 Å². The van der Waals surface area contributed by atoms with E-state index in [9.17, 15) is 4.79 Å². The van der Waals surface area contributed by atoms with E-state index in [0.717, 1.165) is 48.1 Å². The van der Waals surface area contributed by atoms with Crippen LogP contribution in [-0.4, -0.2) is 31.0 Å². The number of hydrogen-bond acceptors (Lipinski definition) is 4. The molecule has 0 radical (unpaired) electrons. The quantitative estimate of drug-likeness (QED) is 0.890. The van der Waals surface area contributed by atoms with E-state index >= 15 is 0 Å². The van der Waals surface area contributed by atoms with E-state index in [2.05, 4.69) is 22.3 Å². The molecule has 130 valence electrons. The maximum absolute atomic E-state index is 11.3. The lowest BCUT2D eigenvalue weighted by Crippen LogP contribution is -2.32. The number of hydrogen-bond donors (Lipinski definition) is 2. The van der Waals surface area contributed by atoms with E-state index in [1.165, 1.54) is 0 Å². The van der Waals surface area contributed by atoms with Crippen LogP contribution in [0, 0.1) is 5.92 Å². The van der Waals surface area contributed by atoms with Crippen LogP contribution >= 0.6 is 12.4 Å². The van der Waals surface area contributed by atoms with Gasteiger partial charge in [0.1, 0.15) is 5.82 Å². The van der Waals surface area contributed by atoms with Crippen molar-refractivity contribution in [2.45, 2.75) is 31.7 Å².